The van der Waals surface area contributed by atoms with E-state index in [0.717, 1.165) is 18.8 Å². The zero-order chi connectivity index (χ0) is 19.0. The Morgan fingerprint density at radius 2 is 1.48 bits per heavy atom. The molecule has 0 saturated carbocycles. The predicted molar refractivity (Wildman–Crippen MR) is 117 cm³/mol. The molecule has 0 aliphatic heterocycles. The lowest BCUT2D eigenvalue weighted by Crippen LogP contribution is -2.55. The second kappa shape index (κ2) is 7.27. The van der Waals surface area contributed by atoms with Gasteiger partial charge in [0.05, 0.1) is 8.07 Å². The molecular weight excluding hydrogens is 316 g/mol. The van der Waals surface area contributed by atoms with Gasteiger partial charge in [-0.25, -0.2) is 0 Å². The summed E-state index contributed by atoms with van der Waals surface area (Å²) in [5.74, 6) is 0.728. The van der Waals surface area contributed by atoms with Gasteiger partial charge < -0.3 is 0 Å². The van der Waals surface area contributed by atoms with Gasteiger partial charge in [0, 0.05) is 5.04 Å². The van der Waals surface area contributed by atoms with Crippen LogP contribution in [0.25, 0.3) is 0 Å². The molecule has 0 spiro atoms. The molecule has 0 nitrogen and oxygen atoms in total. The van der Waals surface area contributed by atoms with Gasteiger partial charge in [-0.1, -0.05) is 87.8 Å². The van der Waals surface area contributed by atoms with Crippen molar-refractivity contribution in [1.29, 1.82) is 0 Å². The van der Waals surface area contributed by atoms with Crippen molar-refractivity contribution in [2.75, 3.05) is 0 Å². The zero-order valence-corrected chi connectivity index (χ0v) is 19.0. The average Bonchev–Trinajstić information content (AvgIpc) is 2.77. The van der Waals surface area contributed by atoms with Crippen molar-refractivity contribution in [3.8, 4) is 0 Å². The second-order valence-electron chi connectivity index (χ2n) is 8.96. The van der Waals surface area contributed by atoms with E-state index >= 15 is 0 Å². The van der Waals surface area contributed by atoms with Gasteiger partial charge in [-0.05, 0) is 56.2 Å². The fourth-order valence-electron chi connectivity index (χ4n) is 4.84. The van der Waals surface area contributed by atoms with E-state index in [1.54, 1.807) is 10.8 Å². The Morgan fingerprint density at radius 1 is 0.960 bits per heavy atom. The molecule has 138 valence electrons. The van der Waals surface area contributed by atoms with Crippen LogP contribution in [-0.2, 0) is 12.8 Å². The summed E-state index contributed by atoms with van der Waals surface area (Å²) in [5, 5.41) is 1.89. The quantitative estimate of drug-likeness (QED) is 0.492. The van der Waals surface area contributed by atoms with Crippen LogP contribution in [0.2, 0.25) is 17.6 Å². The summed E-state index contributed by atoms with van der Waals surface area (Å²) in [4.78, 5) is 0. The molecule has 2 unspecified atom stereocenters. The molecule has 2 rings (SSSR count). The van der Waals surface area contributed by atoms with Crippen LogP contribution >= 0.6 is 0 Å². The Hall–Kier alpha value is -1.08. The Kier molecular flexibility index (Phi) is 5.88. The maximum absolute atomic E-state index is 2.65. The van der Waals surface area contributed by atoms with E-state index in [9.17, 15) is 0 Å². The Labute approximate surface area is 157 Å². The molecule has 1 aromatic rings. The smallest absolute Gasteiger partial charge is 0.0737 e. The monoisotopic (exact) mass is 354 g/mol. The summed E-state index contributed by atoms with van der Waals surface area (Å²) in [6.45, 7) is 21.6. The summed E-state index contributed by atoms with van der Waals surface area (Å²) in [7, 11) is -1.76. The minimum atomic E-state index is -1.76. The third-order valence-corrected chi connectivity index (χ3v) is 12.9. The van der Waals surface area contributed by atoms with E-state index in [2.05, 4.69) is 86.2 Å². The molecule has 1 aliphatic rings. The normalized spacial score (nSPS) is 23.2. The molecule has 1 aliphatic carbocycles. The molecule has 1 heteroatoms. The van der Waals surface area contributed by atoms with Crippen molar-refractivity contribution in [3.63, 3.8) is 0 Å². The standard InChI is InChI=1S/C24H38Si/c1-10-21-12-22(11-2)14-23(13-21)25(9,16-17(3)4)24(8)15-18(5)19(6)20(24)7/h12-15,17H,10-11,16H2,1-9H3. The minimum absolute atomic E-state index is 0.225. The van der Waals surface area contributed by atoms with Crippen LogP contribution in [0, 0.1) is 5.92 Å². The van der Waals surface area contributed by atoms with Crippen molar-refractivity contribution in [2.45, 2.75) is 85.9 Å². The molecule has 0 heterocycles. The van der Waals surface area contributed by atoms with Gasteiger partial charge in [0.15, 0.2) is 0 Å². The van der Waals surface area contributed by atoms with Crippen LogP contribution in [0.1, 0.15) is 66.5 Å². The largest absolute Gasteiger partial charge is 0.0979 e. The predicted octanol–water partition coefficient (Wildman–Crippen LogP) is 6.81. The van der Waals surface area contributed by atoms with Crippen LogP contribution in [0.5, 0.6) is 0 Å². The van der Waals surface area contributed by atoms with Crippen LogP contribution in [0.4, 0.5) is 0 Å². The summed E-state index contributed by atoms with van der Waals surface area (Å²) in [5.41, 5.74) is 7.65. The number of aryl methyl sites for hydroxylation is 2. The van der Waals surface area contributed by atoms with Crippen molar-refractivity contribution in [3.05, 3.63) is 52.1 Å². The van der Waals surface area contributed by atoms with Gasteiger partial charge in [0.2, 0.25) is 0 Å². The molecule has 0 fully saturated rings. The maximum atomic E-state index is 2.65. The molecule has 0 bridgehead atoms. The van der Waals surface area contributed by atoms with Crippen molar-refractivity contribution in [1.82, 2.24) is 0 Å². The van der Waals surface area contributed by atoms with E-state index in [1.807, 2.05) is 0 Å². The summed E-state index contributed by atoms with van der Waals surface area (Å²) >= 11 is 0. The summed E-state index contributed by atoms with van der Waals surface area (Å²) in [6, 6.07) is 8.85. The highest BCUT2D eigenvalue weighted by atomic mass is 28.3. The first-order chi connectivity index (χ1) is 11.6. The van der Waals surface area contributed by atoms with Crippen LogP contribution in [0.3, 0.4) is 0 Å². The highest BCUT2D eigenvalue weighted by Crippen LogP contribution is 2.54. The van der Waals surface area contributed by atoms with Gasteiger partial charge in [0.1, 0.15) is 0 Å². The van der Waals surface area contributed by atoms with E-state index < -0.39 is 8.07 Å². The molecule has 0 aromatic heterocycles. The first-order valence-electron chi connectivity index (χ1n) is 10.1. The fraction of sp³-hybridized carbons (Fsp3) is 0.583. The van der Waals surface area contributed by atoms with Crippen LogP contribution in [0.15, 0.2) is 41.0 Å². The van der Waals surface area contributed by atoms with Crippen LogP contribution < -0.4 is 5.19 Å². The van der Waals surface area contributed by atoms with E-state index in [4.69, 9.17) is 0 Å². The number of hydrogen-bond acceptors (Lipinski definition) is 0. The molecule has 1 aromatic carbocycles. The third-order valence-electron chi connectivity index (χ3n) is 6.91. The molecule has 25 heavy (non-hydrogen) atoms. The lowest BCUT2D eigenvalue weighted by Gasteiger charge is -2.45. The highest BCUT2D eigenvalue weighted by molar-refractivity contribution is 6.94. The number of benzene rings is 1. The van der Waals surface area contributed by atoms with Crippen molar-refractivity contribution >= 4 is 13.3 Å². The number of allylic oxidation sites excluding steroid dienone is 4. The lowest BCUT2D eigenvalue weighted by molar-refractivity contribution is 0.699. The first kappa shape index (κ1) is 20.2. The lowest BCUT2D eigenvalue weighted by atomic mass is 10.0. The number of rotatable bonds is 6. The molecule has 0 radical (unpaired) electrons. The van der Waals surface area contributed by atoms with Gasteiger partial charge in [-0.3, -0.25) is 0 Å². The molecule has 0 amide bonds. The average molecular weight is 355 g/mol. The van der Waals surface area contributed by atoms with Gasteiger partial charge in [-0.15, -0.1) is 0 Å². The topological polar surface area (TPSA) is 0 Å². The van der Waals surface area contributed by atoms with Gasteiger partial charge >= 0.3 is 0 Å². The van der Waals surface area contributed by atoms with Crippen molar-refractivity contribution < 1.29 is 0 Å². The SMILES string of the molecule is CCc1cc(CC)cc([Si](C)(CC(C)C)C2(C)C=C(C)C(C)=C2C)c1. The molecule has 0 N–H and O–H groups in total. The van der Waals surface area contributed by atoms with Gasteiger partial charge in [-0.2, -0.15) is 0 Å². The zero-order valence-electron chi connectivity index (χ0n) is 18.0. The Balaban J connectivity index is 2.72. The molecule has 0 saturated heterocycles. The summed E-state index contributed by atoms with van der Waals surface area (Å²) < 4.78 is 0. The minimum Gasteiger partial charge on any atom is -0.0737 e. The van der Waals surface area contributed by atoms with E-state index in [1.165, 1.54) is 28.3 Å². The van der Waals surface area contributed by atoms with E-state index in [0.29, 0.717) is 0 Å². The fourth-order valence-corrected chi connectivity index (χ4v) is 10.3. The Bertz CT molecular complexity index is 685. The van der Waals surface area contributed by atoms with Crippen LogP contribution in [-0.4, -0.2) is 8.07 Å². The summed E-state index contributed by atoms with van der Waals surface area (Å²) in [6.07, 6.45) is 4.87. The number of hydrogen-bond donors (Lipinski definition) is 0. The van der Waals surface area contributed by atoms with E-state index in [-0.39, 0.29) is 5.04 Å². The third kappa shape index (κ3) is 3.45. The van der Waals surface area contributed by atoms with Crippen molar-refractivity contribution in [2.24, 2.45) is 5.92 Å². The second-order valence-corrected chi connectivity index (χ2v) is 13.6. The Morgan fingerprint density at radius 3 is 1.84 bits per heavy atom. The maximum Gasteiger partial charge on any atom is 0.0979 e. The van der Waals surface area contributed by atoms with Gasteiger partial charge in [0.25, 0.3) is 0 Å². The molecule has 2 atom stereocenters. The first-order valence-corrected chi connectivity index (χ1v) is 12.8. The molecular formula is C24H38Si. The highest BCUT2D eigenvalue weighted by Gasteiger charge is 2.50.